The molecule has 5 heteroatoms. The van der Waals surface area contributed by atoms with Gasteiger partial charge in [0.2, 0.25) is 4.75 Å². The van der Waals surface area contributed by atoms with Gasteiger partial charge in [0, 0.05) is 16.9 Å². The molecule has 1 unspecified atom stereocenters. The number of carbonyl (C=O) groups excluding carboxylic acids is 2. The van der Waals surface area contributed by atoms with Crippen LogP contribution in [0.4, 0.5) is 11.4 Å². The van der Waals surface area contributed by atoms with Gasteiger partial charge in [0.05, 0.1) is 5.88 Å². The molecular formula is C16H12N2O2S. The molecule has 0 bridgehead atoms. The van der Waals surface area contributed by atoms with Crippen LogP contribution in [0.15, 0.2) is 54.6 Å². The Morgan fingerprint density at radius 1 is 1.00 bits per heavy atom. The lowest BCUT2D eigenvalue weighted by molar-refractivity contribution is -0.127. The summed E-state index contributed by atoms with van der Waals surface area (Å²) in [7, 11) is 0. The van der Waals surface area contributed by atoms with E-state index in [0.29, 0.717) is 5.88 Å². The average Bonchev–Trinajstić information content (AvgIpc) is 3.01. The Morgan fingerprint density at radius 3 is 2.52 bits per heavy atom. The van der Waals surface area contributed by atoms with Crippen molar-refractivity contribution in [1.29, 1.82) is 0 Å². The van der Waals surface area contributed by atoms with Crippen LogP contribution < -0.4 is 10.2 Å². The number of benzene rings is 2. The summed E-state index contributed by atoms with van der Waals surface area (Å²) in [5, 5.41) is 2.83. The van der Waals surface area contributed by atoms with E-state index in [2.05, 4.69) is 5.32 Å². The normalized spacial score (nSPS) is 23.5. The highest BCUT2D eigenvalue weighted by Gasteiger charge is 2.59. The molecule has 21 heavy (non-hydrogen) atoms. The molecule has 1 fully saturated rings. The number of carbonyl (C=O) groups is 2. The van der Waals surface area contributed by atoms with Crippen LogP contribution in [0, 0.1) is 0 Å². The molecule has 1 saturated heterocycles. The molecule has 4 rings (SSSR count). The number of hydrogen-bond donors (Lipinski definition) is 1. The van der Waals surface area contributed by atoms with E-state index in [9.17, 15) is 9.59 Å². The maximum Gasteiger partial charge on any atom is 0.258 e. The van der Waals surface area contributed by atoms with Gasteiger partial charge < -0.3 is 10.2 Å². The topological polar surface area (TPSA) is 49.4 Å². The van der Waals surface area contributed by atoms with Gasteiger partial charge >= 0.3 is 0 Å². The van der Waals surface area contributed by atoms with Crippen molar-refractivity contribution in [3.63, 3.8) is 0 Å². The second-order valence-electron chi connectivity index (χ2n) is 5.02. The highest BCUT2D eigenvalue weighted by atomic mass is 32.2. The van der Waals surface area contributed by atoms with Crippen molar-refractivity contribution in [3.8, 4) is 0 Å². The van der Waals surface area contributed by atoms with Crippen molar-refractivity contribution >= 4 is 35.0 Å². The van der Waals surface area contributed by atoms with Crippen LogP contribution in [0.3, 0.4) is 0 Å². The van der Waals surface area contributed by atoms with Gasteiger partial charge in [0.25, 0.3) is 11.8 Å². The maximum atomic E-state index is 12.9. The predicted octanol–water partition coefficient (Wildman–Crippen LogP) is 2.57. The van der Waals surface area contributed by atoms with Gasteiger partial charge in [-0.2, -0.15) is 0 Å². The molecule has 0 aliphatic carbocycles. The zero-order valence-corrected chi connectivity index (χ0v) is 11.9. The number of nitrogens with zero attached hydrogens (tertiary/aromatic N) is 1. The minimum Gasteiger partial charge on any atom is -0.324 e. The molecule has 2 heterocycles. The van der Waals surface area contributed by atoms with E-state index in [1.54, 1.807) is 4.90 Å². The van der Waals surface area contributed by atoms with E-state index in [1.807, 2.05) is 54.6 Å². The maximum absolute atomic E-state index is 12.9. The Kier molecular flexibility index (Phi) is 2.59. The first kappa shape index (κ1) is 12.5. The zero-order valence-electron chi connectivity index (χ0n) is 11.1. The first-order valence-electron chi connectivity index (χ1n) is 6.65. The Bertz CT molecular complexity index is 747. The highest BCUT2D eigenvalue weighted by Crippen LogP contribution is 2.51. The highest BCUT2D eigenvalue weighted by molar-refractivity contribution is 8.02. The summed E-state index contributed by atoms with van der Waals surface area (Å²) in [5.74, 6) is 0.0724. The molecule has 0 radical (unpaired) electrons. The fraction of sp³-hybridized carbons (Fsp3) is 0.125. The van der Waals surface area contributed by atoms with Crippen molar-refractivity contribution in [3.05, 3.63) is 60.2 Å². The molecule has 2 aliphatic rings. The van der Waals surface area contributed by atoms with Crippen molar-refractivity contribution in [1.82, 2.24) is 0 Å². The van der Waals surface area contributed by atoms with E-state index >= 15 is 0 Å². The summed E-state index contributed by atoms with van der Waals surface area (Å²) >= 11 is 1.38. The number of hydrogen-bond acceptors (Lipinski definition) is 3. The van der Waals surface area contributed by atoms with Crippen molar-refractivity contribution in [2.45, 2.75) is 4.75 Å². The van der Waals surface area contributed by atoms with E-state index in [0.717, 1.165) is 16.9 Å². The lowest BCUT2D eigenvalue weighted by atomic mass is 9.98. The molecule has 1 N–H and O–H groups in total. The van der Waals surface area contributed by atoms with Crippen LogP contribution in [-0.4, -0.2) is 17.7 Å². The van der Waals surface area contributed by atoms with Crippen molar-refractivity contribution in [2.75, 3.05) is 16.1 Å². The van der Waals surface area contributed by atoms with Crippen LogP contribution in [0.5, 0.6) is 0 Å². The second kappa shape index (κ2) is 4.36. The van der Waals surface area contributed by atoms with Crippen molar-refractivity contribution < 1.29 is 9.59 Å². The standard InChI is InChI=1S/C16H12N2O2S/c19-14-16(12-8-4-5-9-13(12)17-14)15(20)18(10-21-16)11-6-2-1-3-7-11/h1-9H,10H2,(H,17,19). The molecule has 104 valence electrons. The van der Waals surface area contributed by atoms with Crippen LogP contribution in [0.25, 0.3) is 0 Å². The third-order valence-electron chi connectivity index (χ3n) is 3.90. The molecule has 0 saturated carbocycles. The number of fused-ring (bicyclic) bond motifs is 2. The minimum atomic E-state index is -1.13. The minimum absolute atomic E-state index is 0.166. The van der Waals surface area contributed by atoms with Gasteiger partial charge in [-0.1, -0.05) is 36.4 Å². The second-order valence-corrected chi connectivity index (χ2v) is 6.18. The van der Waals surface area contributed by atoms with Crippen LogP contribution in [-0.2, 0) is 14.3 Å². The molecule has 0 aromatic heterocycles. The van der Waals surface area contributed by atoms with E-state index in [-0.39, 0.29) is 11.8 Å². The Balaban J connectivity index is 1.81. The molecule has 4 nitrogen and oxygen atoms in total. The largest absolute Gasteiger partial charge is 0.324 e. The van der Waals surface area contributed by atoms with Gasteiger partial charge in [-0.25, -0.2) is 0 Å². The quantitative estimate of drug-likeness (QED) is 0.823. The van der Waals surface area contributed by atoms with E-state index < -0.39 is 4.75 Å². The van der Waals surface area contributed by atoms with Crippen LogP contribution in [0.1, 0.15) is 5.56 Å². The summed E-state index contributed by atoms with van der Waals surface area (Å²) in [6, 6.07) is 16.9. The third kappa shape index (κ3) is 1.58. The number of thioether (sulfide) groups is 1. The Labute approximate surface area is 126 Å². The Hall–Kier alpha value is -2.27. The predicted molar refractivity (Wildman–Crippen MR) is 83.1 cm³/mol. The average molecular weight is 296 g/mol. The molecule has 2 aromatic rings. The SMILES string of the molecule is O=C1Nc2ccccc2C12SCN(c1ccccc1)C2=O. The monoisotopic (exact) mass is 296 g/mol. The molecule has 1 atom stereocenters. The Morgan fingerprint density at radius 2 is 1.71 bits per heavy atom. The van der Waals surface area contributed by atoms with Crippen LogP contribution in [0.2, 0.25) is 0 Å². The fourth-order valence-electron chi connectivity index (χ4n) is 2.86. The summed E-state index contributed by atoms with van der Waals surface area (Å²) in [6.45, 7) is 0. The smallest absolute Gasteiger partial charge is 0.258 e. The number of nitrogens with one attached hydrogen (secondary N) is 1. The molecule has 2 amide bonds. The van der Waals surface area contributed by atoms with E-state index in [4.69, 9.17) is 0 Å². The summed E-state index contributed by atoms with van der Waals surface area (Å²) in [6.07, 6.45) is 0. The number of amides is 2. The molecule has 2 aromatic carbocycles. The van der Waals surface area contributed by atoms with Gasteiger partial charge in [-0.3, -0.25) is 9.59 Å². The van der Waals surface area contributed by atoms with Crippen molar-refractivity contribution in [2.24, 2.45) is 0 Å². The number of rotatable bonds is 1. The number of para-hydroxylation sites is 2. The fourth-order valence-corrected chi connectivity index (χ4v) is 4.20. The molecule has 2 aliphatic heterocycles. The summed E-state index contributed by atoms with van der Waals surface area (Å²) in [5.41, 5.74) is 2.32. The van der Waals surface area contributed by atoms with E-state index in [1.165, 1.54) is 11.8 Å². The number of anilines is 2. The van der Waals surface area contributed by atoms with Crippen LogP contribution >= 0.6 is 11.8 Å². The lowest BCUT2D eigenvalue weighted by Gasteiger charge is -2.20. The first-order valence-corrected chi connectivity index (χ1v) is 7.64. The zero-order chi connectivity index (χ0) is 14.4. The van der Waals surface area contributed by atoms with Gasteiger partial charge in [-0.05, 0) is 18.2 Å². The first-order chi connectivity index (χ1) is 10.2. The van der Waals surface area contributed by atoms with Gasteiger partial charge in [0.1, 0.15) is 0 Å². The van der Waals surface area contributed by atoms with Gasteiger partial charge in [0.15, 0.2) is 0 Å². The summed E-state index contributed by atoms with van der Waals surface area (Å²) < 4.78 is -1.13. The van der Waals surface area contributed by atoms with Gasteiger partial charge in [-0.15, -0.1) is 11.8 Å². The third-order valence-corrected chi connectivity index (χ3v) is 5.30. The molecule has 1 spiro atoms. The molecular weight excluding hydrogens is 284 g/mol. The summed E-state index contributed by atoms with van der Waals surface area (Å²) in [4.78, 5) is 27.1. The lowest BCUT2D eigenvalue weighted by Crippen LogP contribution is -2.41.